The molecule has 1 aliphatic rings. The number of anilines is 1. The van der Waals surface area contributed by atoms with Crippen molar-refractivity contribution in [2.75, 3.05) is 18.5 Å². The third-order valence-electron chi connectivity index (χ3n) is 3.38. The molecule has 0 aromatic carbocycles. The monoisotopic (exact) mass is 316 g/mol. The van der Waals surface area contributed by atoms with Gasteiger partial charge >= 0.3 is 0 Å². The molecule has 5 N–H and O–H groups in total. The van der Waals surface area contributed by atoms with E-state index in [0.717, 1.165) is 19.3 Å². The van der Waals surface area contributed by atoms with Crippen molar-refractivity contribution in [2.24, 2.45) is 5.73 Å². The van der Waals surface area contributed by atoms with E-state index < -0.39 is 14.3 Å². The van der Waals surface area contributed by atoms with Crippen molar-refractivity contribution in [3.63, 3.8) is 0 Å². The summed E-state index contributed by atoms with van der Waals surface area (Å²) < 4.78 is 12.7. The van der Waals surface area contributed by atoms with Gasteiger partial charge in [0, 0.05) is 6.16 Å². The first kappa shape index (κ1) is 16.2. The normalized spacial score (nSPS) is 23.3. The second-order valence-corrected chi connectivity index (χ2v) is 6.23. The summed E-state index contributed by atoms with van der Waals surface area (Å²) in [5.74, 6) is -0.421. The Bertz CT molecular complexity index is 496. The molecule has 9 heteroatoms. The zero-order valence-electron chi connectivity index (χ0n) is 11.9. The Morgan fingerprint density at radius 3 is 3.05 bits per heavy atom. The van der Waals surface area contributed by atoms with E-state index in [9.17, 15) is 9.69 Å². The second-order valence-electron chi connectivity index (χ2n) is 4.82. The van der Waals surface area contributed by atoms with Gasteiger partial charge in [0.05, 0.1) is 19.0 Å². The molecular weight excluding hydrogens is 295 g/mol. The molecule has 8 nitrogen and oxygen atoms in total. The standard InChI is InChI=1S/C12H21N4O4P/c1-2-19-21(18)6-5-8-3-4-9(20-8)16-7-15-10(11(16)13)12(14)17/h7-9,18H,2-6,13H2,1H3,(H2,14,17)/t8-,9+,21?/m0/s1. The number of ether oxygens (including phenoxy) is 1. The Morgan fingerprint density at radius 2 is 2.43 bits per heavy atom. The minimum absolute atomic E-state index is 0.0476. The first-order valence-corrected chi connectivity index (χ1v) is 8.29. The summed E-state index contributed by atoms with van der Waals surface area (Å²) in [6.45, 7) is 2.36. The molecule has 1 aromatic rings. The summed E-state index contributed by atoms with van der Waals surface area (Å²) >= 11 is 0. The van der Waals surface area contributed by atoms with Crippen molar-refractivity contribution < 1.29 is 18.9 Å². The highest BCUT2D eigenvalue weighted by atomic mass is 31.2. The Kier molecular flexibility index (Phi) is 5.52. The number of carbonyl (C=O) groups is 1. The highest BCUT2D eigenvalue weighted by molar-refractivity contribution is 7.46. The Balaban J connectivity index is 1.89. The fourth-order valence-electron chi connectivity index (χ4n) is 2.36. The lowest BCUT2D eigenvalue weighted by Crippen LogP contribution is -2.17. The topological polar surface area (TPSA) is 126 Å². The van der Waals surface area contributed by atoms with Crippen LogP contribution in [0.3, 0.4) is 0 Å². The smallest absolute Gasteiger partial charge is 0.271 e. The minimum atomic E-state index is -1.36. The van der Waals surface area contributed by atoms with Crippen LogP contribution in [0.4, 0.5) is 5.82 Å². The van der Waals surface area contributed by atoms with E-state index in [-0.39, 0.29) is 23.8 Å². The maximum atomic E-state index is 11.1. The average molecular weight is 316 g/mol. The number of imidazole rings is 1. The number of primary amides is 1. The van der Waals surface area contributed by atoms with Crippen molar-refractivity contribution in [1.82, 2.24) is 9.55 Å². The predicted octanol–water partition coefficient (Wildman–Crippen LogP) is 0.973. The van der Waals surface area contributed by atoms with Crippen LogP contribution in [0.1, 0.15) is 42.9 Å². The van der Waals surface area contributed by atoms with Gasteiger partial charge in [-0.2, -0.15) is 0 Å². The predicted molar refractivity (Wildman–Crippen MR) is 78.6 cm³/mol. The van der Waals surface area contributed by atoms with Gasteiger partial charge in [0.25, 0.3) is 5.91 Å². The number of hydrogen-bond donors (Lipinski definition) is 3. The van der Waals surface area contributed by atoms with Crippen molar-refractivity contribution in [3.8, 4) is 0 Å². The number of nitrogen functional groups attached to an aromatic ring is 1. The number of rotatable bonds is 7. The lowest BCUT2D eigenvalue weighted by atomic mass is 10.2. The van der Waals surface area contributed by atoms with Crippen LogP contribution in [-0.2, 0) is 9.26 Å². The van der Waals surface area contributed by atoms with Crippen LogP contribution in [0.5, 0.6) is 0 Å². The van der Waals surface area contributed by atoms with E-state index in [1.54, 1.807) is 4.57 Å². The molecule has 1 aromatic heterocycles. The van der Waals surface area contributed by atoms with Gasteiger partial charge in [0.2, 0.25) is 0 Å². The van der Waals surface area contributed by atoms with Gasteiger partial charge in [-0.15, -0.1) is 0 Å². The quantitative estimate of drug-likeness (QED) is 0.644. The SMILES string of the molecule is CCOP(O)CC[C@@H]1CC[C@H](n2cnc(C(N)=O)c2N)O1. The van der Waals surface area contributed by atoms with Crippen LogP contribution < -0.4 is 11.5 Å². The van der Waals surface area contributed by atoms with Crippen LogP contribution in [0.2, 0.25) is 0 Å². The number of nitrogens with two attached hydrogens (primary N) is 2. The van der Waals surface area contributed by atoms with Crippen LogP contribution in [-0.4, -0.2) is 39.2 Å². The highest BCUT2D eigenvalue weighted by Gasteiger charge is 2.29. The number of carbonyl (C=O) groups excluding carboxylic acids is 1. The molecule has 2 rings (SSSR count). The lowest BCUT2D eigenvalue weighted by molar-refractivity contribution is 0.00208. The number of hydrogen-bond acceptors (Lipinski definition) is 6. The second kappa shape index (κ2) is 7.17. The molecule has 1 aliphatic heterocycles. The molecule has 0 bridgehead atoms. The molecule has 0 saturated carbocycles. The van der Waals surface area contributed by atoms with Crippen LogP contribution in [0, 0.1) is 0 Å². The van der Waals surface area contributed by atoms with E-state index in [1.807, 2.05) is 6.92 Å². The summed E-state index contributed by atoms with van der Waals surface area (Å²) in [6.07, 6.45) is 4.24. The first-order valence-electron chi connectivity index (χ1n) is 6.89. The van der Waals surface area contributed by atoms with E-state index in [4.69, 9.17) is 20.7 Å². The Labute approximate surface area is 124 Å². The van der Waals surface area contributed by atoms with E-state index in [0.29, 0.717) is 12.8 Å². The van der Waals surface area contributed by atoms with Gasteiger partial charge in [0.15, 0.2) is 14.1 Å². The number of nitrogens with zero attached hydrogens (tertiary/aromatic N) is 2. The van der Waals surface area contributed by atoms with Crippen molar-refractivity contribution in [3.05, 3.63) is 12.0 Å². The third kappa shape index (κ3) is 3.91. The first-order chi connectivity index (χ1) is 10.0. The lowest BCUT2D eigenvalue weighted by Gasteiger charge is -2.17. The zero-order chi connectivity index (χ0) is 15.4. The molecule has 0 aliphatic carbocycles. The van der Waals surface area contributed by atoms with Gasteiger partial charge in [-0.3, -0.25) is 9.36 Å². The molecule has 0 spiro atoms. The third-order valence-corrected chi connectivity index (χ3v) is 4.58. The Hall–Kier alpha value is -1.21. The van der Waals surface area contributed by atoms with Gasteiger partial charge in [-0.1, -0.05) is 0 Å². The average Bonchev–Trinajstić information content (AvgIpc) is 3.03. The van der Waals surface area contributed by atoms with Gasteiger partial charge in [-0.25, -0.2) is 4.98 Å². The van der Waals surface area contributed by atoms with E-state index in [1.165, 1.54) is 6.33 Å². The van der Waals surface area contributed by atoms with Crippen molar-refractivity contribution in [1.29, 1.82) is 0 Å². The summed E-state index contributed by atoms with van der Waals surface area (Å²) in [5, 5.41) is 0. The molecule has 1 fully saturated rings. The van der Waals surface area contributed by atoms with Gasteiger partial charge in [0.1, 0.15) is 12.0 Å². The largest absolute Gasteiger partial charge is 0.383 e. The van der Waals surface area contributed by atoms with Crippen molar-refractivity contribution in [2.45, 2.75) is 38.5 Å². The van der Waals surface area contributed by atoms with Crippen molar-refractivity contribution >= 4 is 20.1 Å². The summed E-state index contributed by atoms with van der Waals surface area (Å²) in [4.78, 5) is 24.7. The van der Waals surface area contributed by atoms with Gasteiger partial charge in [-0.05, 0) is 26.2 Å². The summed E-state index contributed by atoms with van der Waals surface area (Å²) in [7, 11) is -1.36. The highest BCUT2D eigenvalue weighted by Crippen LogP contribution is 2.37. The Morgan fingerprint density at radius 1 is 1.67 bits per heavy atom. The fourth-order valence-corrected chi connectivity index (χ4v) is 3.30. The molecule has 1 saturated heterocycles. The molecular formula is C12H21N4O4P. The molecule has 3 atom stereocenters. The van der Waals surface area contributed by atoms with Crippen LogP contribution in [0.15, 0.2) is 6.33 Å². The number of amides is 1. The van der Waals surface area contributed by atoms with Gasteiger partial charge < -0.3 is 25.6 Å². The minimum Gasteiger partial charge on any atom is -0.383 e. The maximum absolute atomic E-state index is 11.1. The summed E-state index contributed by atoms with van der Waals surface area (Å²) in [6, 6.07) is 0. The molecule has 21 heavy (non-hydrogen) atoms. The van der Waals surface area contributed by atoms with Crippen LogP contribution >= 0.6 is 8.38 Å². The van der Waals surface area contributed by atoms with E-state index in [2.05, 4.69) is 4.98 Å². The molecule has 2 heterocycles. The molecule has 118 valence electrons. The molecule has 0 radical (unpaired) electrons. The molecule has 1 unspecified atom stereocenters. The zero-order valence-corrected chi connectivity index (χ0v) is 12.8. The maximum Gasteiger partial charge on any atom is 0.271 e. The molecule has 1 amide bonds. The summed E-state index contributed by atoms with van der Waals surface area (Å²) in [5.41, 5.74) is 11.1. The fraction of sp³-hybridized carbons (Fsp3) is 0.667. The number of aromatic nitrogens is 2. The van der Waals surface area contributed by atoms with E-state index >= 15 is 0 Å². The van der Waals surface area contributed by atoms with Crippen LogP contribution in [0.25, 0.3) is 0 Å².